The second-order valence-electron chi connectivity index (χ2n) is 8.93. The maximum absolute atomic E-state index is 12.6. The second-order valence-corrected chi connectivity index (χ2v) is 8.93. The van der Waals surface area contributed by atoms with E-state index in [4.69, 9.17) is 0 Å². The van der Waals surface area contributed by atoms with E-state index in [9.17, 15) is 29.4 Å². The topological polar surface area (TPSA) is 122 Å². The SMILES string of the molecule is C=CC(=O)N1CCN(C(C)C/C=C/C(=O)N2CCN(C(C)C)C(C(=O)O)C2)C(CC(=O)O)C1. The Balaban J connectivity index is 1.96. The van der Waals surface area contributed by atoms with Gasteiger partial charge in [-0.1, -0.05) is 12.7 Å². The van der Waals surface area contributed by atoms with Crippen LogP contribution in [0.3, 0.4) is 0 Å². The van der Waals surface area contributed by atoms with E-state index in [2.05, 4.69) is 11.5 Å². The molecule has 2 saturated heterocycles. The summed E-state index contributed by atoms with van der Waals surface area (Å²) in [7, 11) is 0. The Morgan fingerprint density at radius 1 is 0.939 bits per heavy atom. The number of carboxylic acids is 2. The zero-order chi connectivity index (χ0) is 24.7. The predicted molar refractivity (Wildman–Crippen MR) is 123 cm³/mol. The third-order valence-electron chi connectivity index (χ3n) is 6.41. The van der Waals surface area contributed by atoms with Gasteiger partial charge in [0.1, 0.15) is 6.04 Å². The van der Waals surface area contributed by atoms with Crippen molar-refractivity contribution in [2.24, 2.45) is 0 Å². The summed E-state index contributed by atoms with van der Waals surface area (Å²) in [6.45, 7) is 11.8. The van der Waals surface area contributed by atoms with E-state index in [0.29, 0.717) is 39.1 Å². The lowest BCUT2D eigenvalue weighted by Crippen LogP contribution is -2.59. The monoisotopic (exact) mass is 464 g/mol. The van der Waals surface area contributed by atoms with Gasteiger partial charge in [-0.25, -0.2) is 0 Å². The van der Waals surface area contributed by atoms with Crippen molar-refractivity contribution < 1.29 is 29.4 Å². The van der Waals surface area contributed by atoms with Gasteiger partial charge in [0.2, 0.25) is 11.8 Å². The number of carbonyl (C=O) groups is 4. The number of amides is 2. The Kier molecular flexibility index (Phi) is 9.60. The molecule has 0 saturated carbocycles. The number of carboxylic acid groups (broad SMARTS) is 2. The Hall–Kier alpha value is -2.72. The molecule has 0 bridgehead atoms. The lowest BCUT2D eigenvalue weighted by atomic mass is 10.0. The van der Waals surface area contributed by atoms with Gasteiger partial charge < -0.3 is 20.0 Å². The summed E-state index contributed by atoms with van der Waals surface area (Å²) in [5.41, 5.74) is 0. The van der Waals surface area contributed by atoms with E-state index in [1.54, 1.807) is 15.9 Å². The van der Waals surface area contributed by atoms with Gasteiger partial charge in [-0.3, -0.25) is 29.0 Å². The maximum Gasteiger partial charge on any atom is 0.322 e. The average Bonchev–Trinajstić information content (AvgIpc) is 2.77. The van der Waals surface area contributed by atoms with E-state index in [-0.39, 0.29) is 42.9 Å². The molecule has 2 heterocycles. The highest BCUT2D eigenvalue weighted by Crippen LogP contribution is 2.19. The molecule has 33 heavy (non-hydrogen) atoms. The lowest BCUT2D eigenvalue weighted by molar-refractivity contribution is -0.148. The van der Waals surface area contributed by atoms with Crippen LogP contribution in [-0.2, 0) is 19.2 Å². The second kappa shape index (κ2) is 11.9. The fourth-order valence-corrected chi connectivity index (χ4v) is 4.60. The molecule has 0 aromatic rings. The Morgan fingerprint density at radius 2 is 1.55 bits per heavy atom. The number of aliphatic carboxylic acids is 2. The largest absolute Gasteiger partial charge is 0.481 e. The van der Waals surface area contributed by atoms with E-state index in [0.717, 1.165) is 0 Å². The summed E-state index contributed by atoms with van der Waals surface area (Å²) in [4.78, 5) is 54.7. The predicted octanol–water partition coefficient (Wildman–Crippen LogP) is 0.501. The molecule has 0 aromatic heterocycles. The van der Waals surface area contributed by atoms with E-state index in [1.807, 2.05) is 25.7 Å². The van der Waals surface area contributed by atoms with Crippen LogP contribution in [0.5, 0.6) is 0 Å². The molecule has 2 N–H and O–H groups in total. The van der Waals surface area contributed by atoms with Crippen LogP contribution in [0.4, 0.5) is 0 Å². The number of carbonyl (C=O) groups excluding carboxylic acids is 2. The highest BCUT2D eigenvalue weighted by molar-refractivity contribution is 5.88. The minimum absolute atomic E-state index is 0.0241. The smallest absolute Gasteiger partial charge is 0.322 e. The Bertz CT molecular complexity index is 783. The quantitative estimate of drug-likeness (QED) is 0.473. The summed E-state index contributed by atoms with van der Waals surface area (Å²) in [6, 6.07) is -0.981. The number of nitrogens with zero attached hydrogens (tertiary/aromatic N) is 4. The number of hydrogen-bond acceptors (Lipinski definition) is 6. The summed E-state index contributed by atoms with van der Waals surface area (Å²) in [6.07, 6.45) is 4.93. The van der Waals surface area contributed by atoms with Gasteiger partial charge >= 0.3 is 11.9 Å². The lowest BCUT2D eigenvalue weighted by Gasteiger charge is -2.43. The van der Waals surface area contributed by atoms with Gasteiger partial charge in [0, 0.05) is 57.4 Å². The van der Waals surface area contributed by atoms with Crippen LogP contribution in [0.1, 0.15) is 33.6 Å². The first-order valence-corrected chi connectivity index (χ1v) is 11.4. The molecule has 0 aliphatic carbocycles. The number of rotatable bonds is 9. The molecule has 10 heteroatoms. The molecule has 2 fully saturated rings. The summed E-state index contributed by atoms with van der Waals surface area (Å²) in [5, 5.41) is 18.8. The molecular formula is C23H36N4O6. The zero-order valence-corrected chi connectivity index (χ0v) is 19.7. The fraction of sp³-hybridized carbons (Fsp3) is 0.652. The van der Waals surface area contributed by atoms with Crippen LogP contribution in [0.15, 0.2) is 24.8 Å². The zero-order valence-electron chi connectivity index (χ0n) is 19.7. The summed E-state index contributed by atoms with van der Waals surface area (Å²) >= 11 is 0. The van der Waals surface area contributed by atoms with Crippen molar-refractivity contribution in [1.82, 2.24) is 19.6 Å². The van der Waals surface area contributed by atoms with Crippen molar-refractivity contribution in [1.29, 1.82) is 0 Å². The highest BCUT2D eigenvalue weighted by atomic mass is 16.4. The molecule has 184 valence electrons. The first-order chi connectivity index (χ1) is 15.5. The van der Waals surface area contributed by atoms with Crippen LogP contribution in [0.2, 0.25) is 0 Å². The number of piperazine rings is 2. The van der Waals surface area contributed by atoms with Crippen molar-refractivity contribution in [3.05, 3.63) is 24.8 Å². The molecule has 2 aliphatic rings. The van der Waals surface area contributed by atoms with E-state index in [1.165, 1.54) is 12.2 Å². The molecule has 0 aromatic carbocycles. The first kappa shape index (κ1) is 26.5. The van der Waals surface area contributed by atoms with Gasteiger partial charge in [0.05, 0.1) is 6.42 Å². The normalized spacial score (nSPS) is 23.6. The fourth-order valence-electron chi connectivity index (χ4n) is 4.60. The minimum Gasteiger partial charge on any atom is -0.481 e. The van der Waals surface area contributed by atoms with Gasteiger partial charge in [-0.05, 0) is 39.3 Å². The molecule has 0 radical (unpaired) electrons. The Morgan fingerprint density at radius 3 is 2.09 bits per heavy atom. The van der Waals surface area contributed by atoms with Gasteiger partial charge in [-0.15, -0.1) is 0 Å². The van der Waals surface area contributed by atoms with Crippen molar-refractivity contribution >= 4 is 23.8 Å². The van der Waals surface area contributed by atoms with E-state index >= 15 is 0 Å². The molecule has 2 rings (SSSR count). The summed E-state index contributed by atoms with van der Waals surface area (Å²) in [5.74, 6) is -2.29. The molecular weight excluding hydrogens is 428 g/mol. The van der Waals surface area contributed by atoms with Crippen molar-refractivity contribution in [3.8, 4) is 0 Å². The van der Waals surface area contributed by atoms with Gasteiger partial charge in [-0.2, -0.15) is 0 Å². The van der Waals surface area contributed by atoms with Crippen LogP contribution >= 0.6 is 0 Å². The van der Waals surface area contributed by atoms with E-state index < -0.39 is 18.0 Å². The Labute approximate surface area is 195 Å². The maximum atomic E-state index is 12.6. The summed E-state index contributed by atoms with van der Waals surface area (Å²) < 4.78 is 0. The standard InChI is InChI=1S/C23H36N4O6/c1-5-20(28)24-10-12-27(18(14-24)13-22(30)31)17(4)7-6-8-21(29)25-9-11-26(16(2)3)19(15-25)23(32)33/h5-6,8,16-19H,1,7,9-15H2,2-4H3,(H,30,31)(H,32,33)/b8-6+. The molecule has 3 unspecified atom stereocenters. The van der Waals surface area contributed by atoms with Crippen LogP contribution in [0.25, 0.3) is 0 Å². The van der Waals surface area contributed by atoms with Crippen molar-refractivity contribution in [2.75, 3.05) is 39.3 Å². The molecule has 2 amide bonds. The average molecular weight is 465 g/mol. The highest BCUT2D eigenvalue weighted by Gasteiger charge is 2.35. The van der Waals surface area contributed by atoms with Gasteiger partial charge in [0.25, 0.3) is 0 Å². The van der Waals surface area contributed by atoms with Crippen LogP contribution < -0.4 is 0 Å². The van der Waals surface area contributed by atoms with Gasteiger partial charge in [0.15, 0.2) is 0 Å². The molecule has 0 spiro atoms. The molecule has 3 atom stereocenters. The van der Waals surface area contributed by atoms with Crippen LogP contribution in [-0.4, -0.2) is 117 Å². The molecule has 10 nitrogen and oxygen atoms in total. The van der Waals surface area contributed by atoms with Crippen molar-refractivity contribution in [3.63, 3.8) is 0 Å². The third-order valence-corrected chi connectivity index (χ3v) is 6.41. The minimum atomic E-state index is -0.933. The van der Waals surface area contributed by atoms with Crippen LogP contribution in [0, 0.1) is 0 Å². The third kappa shape index (κ3) is 7.13. The number of hydrogen-bond donors (Lipinski definition) is 2. The van der Waals surface area contributed by atoms with Crippen molar-refractivity contribution in [2.45, 2.75) is 57.8 Å². The molecule has 2 aliphatic heterocycles. The first-order valence-electron chi connectivity index (χ1n) is 11.4.